The molecule has 1 aliphatic heterocycles. The second-order valence-corrected chi connectivity index (χ2v) is 7.96. The minimum absolute atomic E-state index is 0. The van der Waals surface area contributed by atoms with Crippen LogP contribution in [-0.4, -0.2) is 22.1 Å². The molecule has 178 valence electrons. The molecule has 0 spiro atoms. The van der Waals surface area contributed by atoms with Crippen molar-refractivity contribution in [3.05, 3.63) is 115 Å². The summed E-state index contributed by atoms with van der Waals surface area (Å²) < 4.78 is 12.3. The minimum atomic E-state index is -0.380. The van der Waals surface area contributed by atoms with Gasteiger partial charge in [-0.1, -0.05) is 54.2 Å². The molecule has 0 aliphatic carbocycles. The molecule has 3 aromatic carbocycles. The Morgan fingerprint density at radius 1 is 0.833 bits per heavy atom. The van der Waals surface area contributed by atoms with Gasteiger partial charge < -0.3 is 19.3 Å². The van der Waals surface area contributed by atoms with Crippen molar-refractivity contribution in [2.45, 2.75) is 0 Å². The number of aromatic hydroxyl groups is 1. The molecule has 36 heavy (non-hydrogen) atoms. The van der Waals surface area contributed by atoms with Crippen LogP contribution in [0.1, 0.15) is 0 Å². The zero-order valence-electron chi connectivity index (χ0n) is 18.9. The summed E-state index contributed by atoms with van der Waals surface area (Å²) in [6.07, 6.45) is 1.75. The number of benzene rings is 3. The van der Waals surface area contributed by atoms with Crippen LogP contribution in [-0.2, 0) is 21.1 Å². The first-order chi connectivity index (χ1) is 17.3. The van der Waals surface area contributed by atoms with Gasteiger partial charge in [0.2, 0.25) is 5.88 Å². The van der Waals surface area contributed by atoms with Gasteiger partial charge >= 0.3 is 7.05 Å². The fourth-order valence-electron chi connectivity index (χ4n) is 4.08. The molecule has 0 fully saturated rings. The van der Waals surface area contributed by atoms with Crippen molar-refractivity contribution in [1.82, 2.24) is 9.97 Å². The SMILES string of the molecule is Oc1ccccc1-c1cccc(Oc2[c-]c(N3B(c4ccccc4)Oc4cccnc43)ccc2)n1.[Pt]. The Morgan fingerprint density at radius 2 is 1.64 bits per heavy atom. The largest absolute Gasteiger partial charge is 0.535 e. The Kier molecular flexibility index (Phi) is 6.74. The molecule has 1 aliphatic rings. The number of ether oxygens (including phenoxy) is 1. The Morgan fingerprint density at radius 3 is 2.50 bits per heavy atom. The molecule has 0 amide bonds. The number of aromatic nitrogens is 2. The van der Waals surface area contributed by atoms with E-state index in [1.165, 1.54) is 0 Å². The van der Waals surface area contributed by atoms with Gasteiger partial charge in [0.25, 0.3) is 0 Å². The predicted octanol–water partition coefficient (Wildman–Crippen LogP) is 5.37. The Bertz CT molecular complexity index is 1500. The maximum atomic E-state index is 10.2. The van der Waals surface area contributed by atoms with Crippen molar-refractivity contribution < 1.29 is 35.6 Å². The van der Waals surface area contributed by atoms with Gasteiger partial charge in [-0.3, -0.25) is 0 Å². The maximum Gasteiger partial charge on any atom is 0.523 e. The third kappa shape index (κ3) is 4.58. The smallest absolute Gasteiger partial charge is 0.523 e. The number of phenols is 1. The van der Waals surface area contributed by atoms with Crippen LogP contribution in [0.2, 0.25) is 0 Å². The number of anilines is 2. The van der Waals surface area contributed by atoms with E-state index in [4.69, 9.17) is 9.39 Å². The number of fused-ring (bicyclic) bond motifs is 1. The topological polar surface area (TPSA) is 67.7 Å². The summed E-state index contributed by atoms with van der Waals surface area (Å²) in [4.78, 5) is 11.1. The molecular formula is C28H19BN3O3Pt-. The van der Waals surface area contributed by atoms with Crippen molar-refractivity contribution in [2.75, 3.05) is 4.81 Å². The summed E-state index contributed by atoms with van der Waals surface area (Å²) in [5.41, 5.74) is 3.01. The van der Waals surface area contributed by atoms with Gasteiger partial charge in [-0.05, 0) is 35.8 Å². The summed E-state index contributed by atoms with van der Waals surface area (Å²) in [6, 6.07) is 35.3. The third-order valence-corrected chi connectivity index (χ3v) is 5.67. The quantitative estimate of drug-likeness (QED) is 0.204. The van der Waals surface area contributed by atoms with E-state index in [0.29, 0.717) is 28.6 Å². The second-order valence-electron chi connectivity index (χ2n) is 7.96. The van der Waals surface area contributed by atoms with Crippen LogP contribution in [0.3, 0.4) is 0 Å². The van der Waals surface area contributed by atoms with Gasteiger partial charge in [0.1, 0.15) is 11.5 Å². The van der Waals surface area contributed by atoms with E-state index in [0.717, 1.165) is 17.0 Å². The molecule has 3 heterocycles. The minimum Gasteiger partial charge on any atom is -0.535 e. The summed E-state index contributed by atoms with van der Waals surface area (Å²) in [5, 5.41) is 10.2. The summed E-state index contributed by atoms with van der Waals surface area (Å²) >= 11 is 0. The van der Waals surface area contributed by atoms with Crippen LogP contribution in [0.25, 0.3) is 11.3 Å². The van der Waals surface area contributed by atoms with E-state index in [1.807, 2.05) is 89.7 Å². The van der Waals surface area contributed by atoms with Crippen molar-refractivity contribution >= 4 is 24.0 Å². The number of hydrogen-bond donors (Lipinski definition) is 1. The molecule has 1 N–H and O–H groups in total. The van der Waals surface area contributed by atoms with E-state index in [9.17, 15) is 5.11 Å². The Balaban J connectivity index is 0.00000267. The van der Waals surface area contributed by atoms with E-state index in [1.54, 1.807) is 24.4 Å². The van der Waals surface area contributed by atoms with Gasteiger partial charge in [-0.15, -0.1) is 18.2 Å². The van der Waals surface area contributed by atoms with Crippen LogP contribution >= 0.6 is 0 Å². The molecule has 2 aromatic heterocycles. The van der Waals surface area contributed by atoms with Gasteiger partial charge in [0.05, 0.1) is 5.69 Å². The summed E-state index contributed by atoms with van der Waals surface area (Å²) in [7, 11) is -0.380. The van der Waals surface area contributed by atoms with E-state index in [-0.39, 0.29) is 33.9 Å². The van der Waals surface area contributed by atoms with E-state index >= 15 is 0 Å². The molecule has 8 heteroatoms. The standard InChI is InChI=1S/C28H19BN3O3.Pt/c33-25-15-5-4-13-23(25)24-14-7-17-27(31-24)34-22-12-6-11-21(19-22)32-28-26(16-8-18-30-28)35-29(32)20-9-2-1-3-10-20;/h1-18,33H;/q-1;. The molecule has 0 unspecified atom stereocenters. The normalized spacial score (nSPS) is 11.9. The first-order valence-corrected chi connectivity index (χ1v) is 11.2. The molecular weight excluding hydrogens is 632 g/mol. The van der Waals surface area contributed by atoms with Crippen LogP contribution in [0, 0.1) is 6.07 Å². The van der Waals surface area contributed by atoms with Crippen LogP contribution in [0.5, 0.6) is 23.1 Å². The van der Waals surface area contributed by atoms with Crippen molar-refractivity contribution in [1.29, 1.82) is 0 Å². The molecule has 0 saturated heterocycles. The van der Waals surface area contributed by atoms with Crippen molar-refractivity contribution in [3.63, 3.8) is 0 Å². The first-order valence-electron chi connectivity index (χ1n) is 11.2. The molecule has 0 atom stereocenters. The van der Waals surface area contributed by atoms with Crippen LogP contribution < -0.4 is 19.7 Å². The maximum absolute atomic E-state index is 10.2. The van der Waals surface area contributed by atoms with Gasteiger partial charge in [0, 0.05) is 44.6 Å². The zero-order chi connectivity index (χ0) is 23.6. The molecule has 0 radical (unpaired) electrons. The third-order valence-electron chi connectivity index (χ3n) is 5.67. The number of hydrogen-bond acceptors (Lipinski definition) is 6. The zero-order valence-corrected chi connectivity index (χ0v) is 21.2. The molecule has 6 nitrogen and oxygen atoms in total. The predicted molar refractivity (Wildman–Crippen MR) is 136 cm³/mol. The second kappa shape index (κ2) is 10.3. The van der Waals surface area contributed by atoms with Crippen LogP contribution in [0.4, 0.5) is 11.5 Å². The van der Waals surface area contributed by atoms with E-state index in [2.05, 4.69) is 16.0 Å². The number of rotatable bonds is 5. The number of pyridine rings is 2. The van der Waals surface area contributed by atoms with E-state index < -0.39 is 0 Å². The molecule has 0 bridgehead atoms. The van der Waals surface area contributed by atoms with Gasteiger partial charge in [-0.25, -0.2) is 9.97 Å². The summed E-state index contributed by atoms with van der Waals surface area (Å²) in [6.45, 7) is 0. The number of phenolic OH excluding ortho intramolecular Hbond substituents is 1. The fourth-order valence-corrected chi connectivity index (χ4v) is 4.08. The fraction of sp³-hybridized carbons (Fsp3) is 0. The monoisotopic (exact) mass is 651 g/mol. The number of para-hydroxylation sites is 1. The van der Waals surface area contributed by atoms with Crippen molar-refractivity contribution in [3.8, 4) is 34.4 Å². The van der Waals surface area contributed by atoms with Crippen LogP contribution in [0.15, 0.2) is 109 Å². The average Bonchev–Trinajstić information content (AvgIpc) is 3.30. The average molecular weight is 651 g/mol. The molecule has 6 rings (SSSR count). The van der Waals surface area contributed by atoms with Gasteiger partial charge in [0.15, 0.2) is 5.82 Å². The molecule has 0 saturated carbocycles. The first kappa shape index (κ1) is 23.6. The Labute approximate surface area is 223 Å². The van der Waals surface area contributed by atoms with Gasteiger partial charge in [-0.2, -0.15) is 6.07 Å². The Hall–Kier alpha value is -4.09. The summed E-state index contributed by atoms with van der Waals surface area (Å²) in [5.74, 6) is 2.49. The molecule has 5 aromatic rings. The van der Waals surface area contributed by atoms with Crippen molar-refractivity contribution in [2.24, 2.45) is 0 Å². The number of nitrogens with zero attached hydrogens (tertiary/aromatic N) is 3.